The van der Waals surface area contributed by atoms with Crippen LogP contribution in [0.25, 0.3) is 65.3 Å². The summed E-state index contributed by atoms with van der Waals surface area (Å²) in [6, 6.07) is 54.5. The zero-order valence-corrected chi connectivity index (χ0v) is 48.4. The summed E-state index contributed by atoms with van der Waals surface area (Å²) in [7, 11) is 0. The molecule has 0 atom stereocenters. The summed E-state index contributed by atoms with van der Waals surface area (Å²) in [6.07, 6.45) is 21.5. The highest BCUT2D eigenvalue weighted by atomic mass is 32.1. The molecule has 2 aliphatic heterocycles. The molecule has 7 aliphatic rings. The second kappa shape index (κ2) is 16.9. The quantitative estimate of drug-likeness (QED) is 0.156. The number of hydrogen-bond acceptors (Lipinski definition) is 2. The lowest BCUT2D eigenvalue weighted by molar-refractivity contribution is 0.149. The first-order chi connectivity index (χ1) is 37.7. The monoisotopic (exact) mass is 1040 g/mol. The zero-order chi connectivity index (χ0) is 52.7. The molecule has 7 aromatic carbocycles. The molecule has 0 unspecified atom stereocenters. The van der Waals surface area contributed by atoms with Crippen LogP contribution >= 0.6 is 11.3 Å². The molecule has 4 bridgehead atoms. The number of hydrogen-bond donors (Lipinski definition) is 0. The number of anilines is 3. The van der Waals surface area contributed by atoms with Crippen molar-refractivity contribution in [3.63, 3.8) is 0 Å². The number of fused-ring (bicyclic) bond motifs is 14. The van der Waals surface area contributed by atoms with Crippen LogP contribution in [-0.2, 0) is 27.1 Å². The standard InChI is InChI=1S/C74H77BN2S/c1-70(2,3)51-26-28-62(54(38-51)49-24-12-9-13-25-49)76-64-37-50(48-22-10-8-11-23-48)36-56-58-41-53(74-32-16-20-47(45-74)21-17-33-74)40-57-55-39-52(73-30-14-18-46(44-73)19-15-31-73)27-29-63(55)77(68(57)58)75(66(56)64)67-59-42-60-61(43-65(59)78-69(67)76)72(6,7)35-34-71(60,4)5/h8-13,22-29,36-43,46-47H,14-21,30-35,44-45H2,1-7H3. The summed E-state index contributed by atoms with van der Waals surface area (Å²) in [4.78, 5) is 2.79. The fourth-order valence-electron chi connectivity index (χ4n) is 18.0. The second-order valence-corrected chi connectivity index (χ2v) is 29.7. The van der Waals surface area contributed by atoms with E-state index in [-0.39, 0.29) is 28.5 Å². The lowest BCUT2D eigenvalue weighted by Crippen LogP contribution is -2.56. The van der Waals surface area contributed by atoms with Crippen LogP contribution in [0.5, 0.6) is 0 Å². The van der Waals surface area contributed by atoms with Gasteiger partial charge in [0, 0.05) is 43.3 Å². The lowest BCUT2D eigenvalue weighted by Gasteiger charge is -2.46. The van der Waals surface area contributed by atoms with Crippen LogP contribution in [0, 0.1) is 11.8 Å². The Morgan fingerprint density at radius 2 is 1.12 bits per heavy atom. The lowest BCUT2D eigenvalue weighted by atomic mass is 9.45. The van der Waals surface area contributed by atoms with Crippen LogP contribution in [-0.4, -0.2) is 11.3 Å². The molecule has 0 N–H and O–H groups in total. The average molecular weight is 1040 g/mol. The molecular weight excluding hydrogens is 960 g/mol. The van der Waals surface area contributed by atoms with Gasteiger partial charge in [0.05, 0.1) is 10.7 Å². The van der Waals surface area contributed by atoms with Gasteiger partial charge in [-0.15, -0.1) is 11.3 Å². The number of thiophene rings is 1. The van der Waals surface area contributed by atoms with Gasteiger partial charge in [0.15, 0.2) is 0 Å². The largest absolute Gasteiger partial charge is 0.375 e. The Balaban J connectivity index is 1.06. The van der Waals surface area contributed by atoms with Crippen molar-refractivity contribution >= 4 is 77.4 Å². The minimum absolute atomic E-state index is 0.0173. The van der Waals surface area contributed by atoms with Gasteiger partial charge < -0.3 is 9.38 Å². The summed E-state index contributed by atoms with van der Waals surface area (Å²) in [5.74, 6) is 1.73. The van der Waals surface area contributed by atoms with Crippen LogP contribution in [0.4, 0.5) is 16.4 Å². The predicted octanol–water partition coefficient (Wildman–Crippen LogP) is 19.6. The first kappa shape index (κ1) is 48.1. The van der Waals surface area contributed by atoms with E-state index in [4.69, 9.17) is 0 Å². The topological polar surface area (TPSA) is 8.17 Å². The molecule has 0 amide bonds. The van der Waals surface area contributed by atoms with E-state index in [0.29, 0.717) is 5.41 Å². The highest BCUT2D eigenvalue weighted by Gasteiger charge is 2.49. The molecule has 16 rings (SSSR count). The molecule has 5 aliphatic carbocycles. The van der Waals surface area contributed by atoms with E-state index in [1.807, 2.05) is 0 Å². The molecule has 0 radical (unpaired) electrons. The second-order valence-electron chi connectivity index (χ2n) is 28.7. The first-order valence-corrected chi connectivity index (χ1v) is 31.5. The van der Waals surface area contributed by atoms with Crippen molar-refractivity contribution in [2.45, 2.75) is 178 Å². The highest BCUT2D eigenvalue weighted by Crippen LogP contribution is 2.58. The van der Waals surface area contributed by atoms with Crippen molar-refractivity contribution in [2.75, 3.05) is 4.90 Å². The minimum Gasteiger partial charge on any atom is -0.375 e. The van der Waals surface area contributed by atoms with Gasteiger partial charge in [-0.05, 0) is 217 Å². The molecule has 2 nitrogen and oxygen atoms in total. The Labute approximate surface area is 468 Å². The Morgan fingerprint density at radius 3 is 1.77 bits per heavy atom. The Bertz CT molecular complexity index is 3930. The fourth-order valence-corrected chi connectivity index (χ4v) is 19.3. The predicted molar refractivity (Wildman–Crippen MR) is 335 cm³/mol. The molecule has 4 heteroatoms. The third kappa shape index (κ3) is 6.99. The molecule has 392 valence electrons. The number of benzene rings is 7. The van der Waals surface area contributed by atoms with Crippen LogP contribution < -0.4 is 15.8 Å². The van der Waals surface area contributed by atoms with Gasteiger partial charge in [-0.3, -0.25) is 0 Å². The van der Waals surface area contributed by atoms with Crippen LogP contribution in [0.3, 0.4) is 0 Å². The van der Waals surface area contributed by atoms with Crippen LogP contribution in [0.15, 0.2) is 133 Å². The fraction of sp³-hybridized carbons (Fsp3) is 0.405. The molecular formula is C74H77BN2S. The maximum atomic E-state index is 2.93. The minimum atomic E-state index is -0.0189. The van der Waals surface area contributed by atoms with Crippen molar-refractivity contribution in [3.8, 4) is 33.4 Å². The Hall–Kier alpha value is -5.84. The van der Waals surface area contributed by atoms with Gasteiger partial charge in [-0.1, -0.05) is 173 Å². The zero-order valence-electron chi connectivity index (χ0n) is 47.6. The average Bonchev–Trinajstić information content (AvgIpc) is 3.38. The van der Waals surface area contributed by atoms with Crippen LogP contribution in [0.1, 0.15) is 179 Å². The summed E-state index contributed by atoms with van der Waals surface area (Å²) < 4.78 is 4.35. The molecule has 4 saturated carbocycles. The summed E-state index contributed by atoms with van der Waals surface area (Å²) in [5, 5.41) is 5.82. The van der Waals surface area contributed by atoms with Gasteiger partial charge >= 0.3 is 6.85 Å². The summed E-state index contributed by atoms with van der Waals surface area (Å²) in [6.45, 7) is 17.1. The van der Waals surface area contributed by atoms with E-state index < -0.39 is 0 Å². The van der Waals surface area contributed by atoms with Crippen molar-refractivity contribution in [1.82, 2.24) is 4.48 Å². The normalized spacial score (nSPS) is 24.6. The summed E-state index contributed by atoms with van der Waals surface area (Å²) >= 11 is 2.06. The third-order valence-electron chi connectivity index (χ3n) is 22.2. The number of rotatable bonds is 5. The summed E-state index contributed by atoms with van der Waals surface area (Å²) in [5.41, 5.74) is 24.8. The van der Waals surface area contributed by atoms with Crippen LogP contribution in [0.2, 0.25) is 0 Å². The smallest absolute Gasteiger partial charge is 0.334 e. The van der Waals surface area contributed by atoms with E-state index in [2.05, 4.69) is 203 Å². The van der Waals surface area contributed by atoms with Crippen molar-refractivity contribution in [2.24, 2.45) is 11.8 Å². The Kier molecular flexibility index (Phi) is 10.4. The van der Waals surface area contributed by atoms with Gasteiger partial charge in [0.25, 0.3) is 0 Å². The number of nitrogens with zero attached hydrogens (tertiary/aromatic N) is 2. The van der Waals surface area contributed by atoms with Gasteiger partial charge in [0.1, 0.15) is 0 Å². The molecule has 4 fully saturated rings. The maximum Gasteiger partial charge on any atom is 0.334 e. The molecule has 4 heterocycles. The van der Waals surface area contributed by atoms with Gasteiger partial charge in [-0.25, -0.2) is 0 Å². The van der Waals surface area contributed by atoms with Crippen molar-refractivity contribution in [3.05, 3.63) is 161 Å². The molecule has 0 spiro atoms. The van der Waals surface area contributed by atoms with Crippen molar-refractivity contribution < 1.29 is 0 Å². The molecule has 0 saturated heterocycles. The van der Waals surface area contributed by atoms with Crippen molar-refractivity contribution in [1.29, 1.82) is 0 Å². The third-order valence-corrected chi connectivity index (χ3v) is 23.4. The molecule has 78 heavy (non-hydrogen) atoms. The van der Waals surface area contributed by atoms with E-state index in [9.17, 15) is 0 Å². The van der Waals surface area contributed by atoms with E-state index in [0.717, 1.165) is 11.8 Å². The van der Waals surface area contributed by atoms with E-state index >= 15 is 0 Å². The first-order valence-electron chi connectivity index (χ1n) is 30.7. The van der Waals surface area contributed by atoms with Gasteiger partial charge in [-0.2, -0.15) is 0 Å². The SMILES string of the molecule is CC(C)(C)c1ccc(N2c3cc(-c4ccccc4)cc4c3B(c3c2sc2cc5c(cc32)C(C)(C)CCC5(C)C)n2c3ccc(C56CCCC(CCC5)C6)cc3c3cc(C56CCCC(CCC5)C6)cc-4c32)c(-c2ccccc2)c1. The Morgan fingerprint density at radius 1 is 0.500 bits per heavy atom. The van der Waals surface area contributed by atoms with E-state index in [1.54, 1.807) is 22.3 Å². The maximum absolute atomic E-state index is 2.93. The highest BCUT2D eigenvalue weighted by molar-refractivity contribution is 7.26. The molecule has 2 aromatic heterocycles. The van der Waals surface area contributed by atoms with Gasteiger partial charge in [0.2, 0.25) is 0 Å². The molecule has 9 aromatic rings. The number of aromatic nitrogens is 1. The van der Waals surface area contributed by atoms with E-state index in [1.165, 1.54) is 201 Å².